The van der Waals surface area contributed by atoms with Crippen molar-refractivity contribution in [3.05, 3.63) is 71.4 Å². The topological polar surface area (TPSA) is 48.6 Å². The lowest BCUT2D eigenvalue weighted by Gasteiger charge is -2.42. The quantitative estimate of drug-likeness (QED) is 0.627. The highest BCUT2D eigenvalue weighted by molar-refractivity contribution is 5.99. The van der Waals surface area contributed by atoms with Crippen molar-refractivity contribution >= 4 is 22.4 Å². The van der Waals surface area contributed by atoms with Gasteiger partial charge in [-0.2, -0.15) is 0 Å². The van der Waals surface area contributed by atoms with Crippen molar-refractivity contribution in [2.24, 2.45) is 5.92 Å². The van der Waals surface area contributed by atoms with Crippen LogP contribution in [0.15, 0.2) is 54.7 Å². The first-order valence-electron chi connectivity index (χ1n) is 12.0. The van der Waals surface area contributed by atoms with Gasteiger partial charge in [0, 0.05) is 50.7 Å². The van der Waals surface area contributed by atoms with Gasteiger partial charge in [0.2, 0.25) is 5.91 Å². The number of nitrogens with one attached hydrogen (secondary N) is 1. The van der Waals surface area contributed by atoms with Gasteiger partial charge in [-0.1, -0.05) is 30.3 Å². The van der Waals surface area contributed by atoms with Crippen molar-refractivity contribution in [1.82, 2.24) is 14.8 Å². The minimum atomic E-state index is -0.597. The van der Waals surface area contributed by atoms with E-state index >= 15 is 0 Å². The highest BCUT2D eigenvalue weighted by atomic mass is 16.5. The first-order valence-corrected chi connectivity index (χ1v) is 11.5. The molecule has 1 aromatic heterocycles. The summed E-state index contributed by atoms with van der Waals surface area (Å²) in [5, 5.41) is 1.25. The number of hydrogen-bond donors (Lipinski definition) is 1. The Balaban J connectivity index is 1.61. The molecule has 1 unspecified atom stereocenters. The number of H-pyrrole nitrogens is 1. The summed E-state index contributed by atoms with van der Waals surface area (Å²) in [7, 11) is 1.65. The van der Waals surface area contributed by atoms with Crippen LogP contribution in [0.5, 0.6) is 5.75 Å². The zero-order chi connectivity index (χ0) is 23.1. The van der Waals surface area contributed by atoms with E-state index < -0.39 is 6.52 Å². The van der Waals surface area contributed by atoms with E-state index in [4.69, 9.17) is 4.74 Å². The summed E-state index contributed by atoms with van der Waals surface area (Å²) in [5.41, 5.74) is 5.63. The van der Waals surface area contributed by atoms with Crippen LogP contribution in [-0.2, 0) is 17.7 Å². The molecule has 1 aliphatic carbocycles. The van der Waals surface area contributed by atoms with Crippen molar-refractivity contribution in [1.29, 1.82) is 0 Å². The van der Waals surface area contributed by atoms with Gasteiger partial charge >= 0.3 is 0 Å². The number of fused-ring (bicyclic) bond motifs is 2. The van der Waals surface area contributed by atoms with Gasteiger partial charge in [-0.3, -0.25) is 9.69 Å². The highest BCUT2D eigenvalue weighted by Gasteiger charge is 2.38. The molecule has 0 radical (unpaired) electrons. The minimum absolute atomic E-state index is 0.0494. The van der Waals surface area contributed by atoms with Crippen LogP contribution in [0.3, 0.4) is 0 Å². The Morgan fingerprint density at radius 3 is 2.84 bits per heavy atom. The van der Waals surface area contributed by atoms with Crippen molar-refractivity contribution in [2.45, 2.75) is 32.8 Å². The van der Waals surface area contributed by atoms with Crippen molar-refractivity contribution in [3.8, 4) is 5.75 Å². The number of nitrogens with zero attached hydrogens (tertiary/aromatic N) is 2. The number of amides is 1. The number of rotatable bonds is 6. The van der Waals surface area contributed by atoms with Gasteiger partial charge < -0.3 is 14.6 Å². The number of aromatic nitrogens is 1. The lowest BCUT2D eigenvalue weighted by Crippen LogP contribution is -2.48. The molecule has 0 fully saturated rings. The first kappa shape index (κ1) is 19.6. The summed E-state index contributed by atoms with van der Waals surface area (Å²) in [6.07, 6.45) is 5.11. The molecule has 1 N–H and O–H groups in total. The Kier molecular flexibility index (Phi) is 5.19. The molecular formula is C27H31N3O2. The molecule has 2 aliphatic rings. The van der Waals surface area contributed by atoms with Crippen molar-refractivity contribution < 1.29 is 10.9 Å². The third-order valence-corrected chi connectivity index (χ3v) is 6.86. The second-order valence-corrected chi connectivity index (χ2v) is 8.60. The zero-order valence-electron chi connectivity index (χ0n) is 20.0. The molecule has 3 atom stereocenters. The molecule has 166 valence electrons. The van der Waals surface area contributed by atoms with E-state index in [2.05, 4.69) is 40.4 Å². The van der Waals surface area contributed by atoms with Crippen LogP contribution >= 0.6 is 0 Å². The maximum absolute atomic E-state index is 13.4. The average molecular weight is 431 g/mol. The number of hydrogen-bond acceptors (Lipinski definition) is 3. The van der Waals surface area contributed by atoms with Crippen LogP contribution in [0.4, 0.5) is 0 Å². The second-order valence-electron chi connectivity index (χ2n) is 8.60. The molecule has 5 heteroatoms. The zero-order valence-corrected chi connectivity index (χ0v) is 19.0. The summed E-state index contributed by atoms with van der Waals surface area (Å²) in [4.78, 5) is 20.9. The van der Waals surface area contributed by atoms with Crippen LogP contribution in [0, 0.1) is 5.92 Å². The maximum Gasteiger partial charge on any atom is 0.230 e. The Morgan fingerprint density at radius 1 is 1.25 bits per heavy atom. The number of methoxy groups -OCH3 is 1. The minimum Gasteiger partial charge on any atom is -0.497 e. The number of carbonyl (C=O) groups excluding carboxylic acids is 1. The number of ether oxygens (including phenoxy) is 1. The molecule has 1 amide bonds. The Morgan fingerprint density at radius 2 is 2.06 bits per heavy atom. The molecule has 0 spiro atoms. The molecule has 5 rings (SSSR count). The van der Waals surface area contributed by atoms with E-state index in [0.29, 0.717) is 19.6 Å². The molecule has 0 saturated carbocycles. The summed E-state index contributed by atoms with van der Waals surface area (Å²) < 4.78 is 14.6. The van der Waals surface area contributed by atoms with Gasteiger partial charge in [0.25, 0.3) is 0 Å². The first-order chi connectivity index (χ1) is 16.0. The SMILES string of the molecule is [2H]C(c1cccc(OC)c1)N1C[C@H](C(=O)N(CC)CC)C=C2c3cccc4[nH]cc(c34)C[C@H]21. The van der Waals surface area contributed by atoms with Crippen LogP contribution in [-0.4, -0.2) is 53.5 Å². The van der Waals surface area contributed by atoms with Gasteiger partial charge in [-0.25, -0.2) is 0 Å². The van der Waals surface area contributed by atoms with Gasteiger partial charge in [0.05, 0.1) is 13.0 Å². The second kappa shape index (κ2) is 8.47. The third kappa shape index (κ3) is 3.51. The van der Waals surface area contributed by atoms with Crippen LogP contribution in [0.2, 0.25) is 0 Å². The average Bonchev–Trinajstić information content (AvgIpc) is 3.28. The lowest BCUT2D eigenvalue weighted by molar-refractivity contribution is -0.134. The highest BCUT2D eigenvalue weighted by Crippen LogP contribution is 2.42. The number of benzene rings is 2. The number of carbonyl (C=O) groups is 1. The fourth-order valence-corrected chi connectivity index (χ4v) is 5.25. The van der Waals surface area contributed by atoms with E-state index in [1.54, 1.807) is 7.11 Å². The molecular weight excluding hydrogens is 398 g/mol. The van der Waals surface area contributed by atoms with E-state index in [9.17, 15) is 6.17 Å². The molecule has 1 aliphatic heterocycles. The molecule has 0 saturated heterocycles. The fourth-order valence-electron chi connectivity index (χ4n) is 5.25. The third-order valence-electron chi connectivity index (χ3n) is 6.86. The maximum atomic E-state index is 13.4. The summed E-state index contributed by atoms with van der Waals surface area (Å²) in [6.45, 7) is 5.36. The molecule has 32 heavy (non-hydrogen) atoms. The van der Waals surface area contributed by atoms with Gasteiger partial charge in [0.15, 0.2) is 0 Å². The monoisotopic (exact) mass is 430 g/mol. The lowest BCUT2D eigenvalue weighted by atomic mass is 9.79. The standard InChI is InChI=1S/C27H31N3O2/c1-4-29(5-2)27(31)20-13-23-22-10-7-11-24-26(22)19(15-28-24)14-25(23)30(17-20)16-18-8-6-9-21(12-18)32-3/h6-13,15,20,25,28H,4-5,14,16-17H2,1-3H3/t20-,25-/m1/s1/i16D/t16?,20-,25-. The van der Waals surface area contributed by atoms with Crippen molar-refractivity contribution in [2.75, 3.05) is 26.7 Å². The van der Waals surface area contributed by atoms with E-state index in [0.717, 1.165) is 23.3 Å². The van der Waals surface area contributed by atoms with E-state index in [1.807, 2.05) is 43.0 Å². The smallest absolute Gasteiger partial charge is 0.230 e. The van der Waals surface area contributed by atoms with Crippen LogP contribution in [0.1, 0.15) is 31.9 Å². The molecule has 2 heterocycles. The van der Waals surface area contributed by atoms with Gasteiger partial charge in [-0.15, -0.1) is 0 Å². The molecule has 3 aromatic rings. The molecule has 5 nitrogen and oxygen atoms in total. The molecule has 2 aromatic carbocycles. The van der Waals surface area contributed by atoms with Crippen LogP contribution < -0.4 is 4.74 Å². The largest absolute Gasteiger partial charge is 0.497 e. The molecule has 0 bridgehead atoms. The Bertz CT molecular complexity index is 1210. The summed E-state index contributed by atoms with van der Waals surface area (Å²) in [6, 6.07) is 14.1. The normalized spacial score (nSPS) is 21.5. The van der Waals surface area contributed by atoms with Gasteiger partial charge in [-0.05, 0) is 60.7 Å². The fraction of sp³-hybridized carbons (Fsp3) is 0.370. The predicted molar refractivity (Wildman–Crippen MR) is 129 cm³/mol. The summed E-state index contributed by atoms with van der Waals surface area (Å²) >= 11 is 0. The van der Waals surface area contributed by atoms with Crippen molar-refractivity contribution in [3.63, 3.8) is 0 Å². The van der Waals surface area contributed by atoms with Gasteiger partial charge in [0.1, 0.15) is 5.75 Å². The Labute approximate surface area is 191 Å². The van der Waals surface area contributed by atoms with Crippen LogP contribution in [0.25, 0.3) is 16.5 Å². The number of aromatic amines is 1. The Hall–Kier alpha value is -3.05. The van der Waals surface area contributed by atoms with E-state index in [-0.39, 0.29) is 17.9 Å². The van der Waals surface area contributed by atoms with E-state index in [1.165, 1.54) is 22.1 Å². The summed E-state index contributed by atoms with van der Waals surface area (Å²) in [5.74, 6) is 0.612. The predicted octanol–water partition coefficient (Wildman–Crippen LogP) is 4.49.